The summed E-state index contributed by atoms with van der Waals surface area (Å²) in [4.78, 5) is 29.2. The Morgan fingerprint density at radius 3 is 2.65 bits per heavy atom. The van der Waals surface area contributed by atoms with Gasteiger partial charge in [-0.2, -0.15) is 5.10 Å². The molecule has 0 spiro atoms. The number of benzene rings is 1. The Morgan fingerprint density at radius 2 is 1.94 bits per heavy atom. The van der Waals surface area contributed by atoms with Crippen LogP contribution in [0.15, 0.2) is 54.9 Å². The Morgan fingerprint density at radius 1 is 1.09 bits per heavy atom. The van der Waals surface area contributed by atoms with E-state index >= 15 is 0 Å². The molecule has 2 aliphatic heterocycles. The fourth-order valence-electron chi connectivity index (χ4n) is 4.43. The number of ether oxygens (including phenoxy) is 2. The smallest absolute Gasteiger partial charge is 0.233 e. The third-order valence-electron chi connectivity index (χ3n) is 6.25. The molecule has 2 fully saturated rings. The third kappa shape index (κ3) is 4.57. The largest absolute Gasteiger partial charge is 0.497 e. The fraction of sp³-hybridized carbons (Fsp3) is 0.375. The van der Waals surface area contributed by atoms with Crippen molar-refractivity contribution in [3.05, 3.63) is 54.9 Å². The second-order valence-corrected chi connectivity index (χ2v) is 8.43. The lowest BCUT2D eigenvalue weighted by Crippen LogP contribution is -2.45. The molecule has 10 heteroatoms. The van der Waals surface area contributed by atoms with Crippen LogP contribution < -0.4 is 14.4 Å². The number of anilines is 1. The van der Waals surface area contributed by atoms with Crippen molar-refractivity contribution in [2.45, 2.75) is 25.4 Å². The lowest BCUT2D eigenvalue weighted by Gasteiger charge is -2.33. The predicted octanol–water partition coefficient (Wildman–Crippen LogP) is 2.09. The van der Waals surface area contributed by atoms with Gasteiger partial charge in [0, 0.05) is 69.1 Å². The first-order chi connectivity index (χ1) is 16.6. The van der Waals surface area contributed by atoms with Crippen LogP contribution in [0.25, 0.3) is 5.82 Å². The van der Waals surface area contributed by atoms with E-state index < -0.39 is 0 Å². The SMILES string of the molecule is COc1cccc(N2CC(C(=O)N3CCC(Oc4ccc(-n5cccn5)nn4)CC3)CC2=O)c1. The first-order valence-corrected chi connectivity index (χ1v) is 11.3. The summed E-state index contributed by atoms with van der Waals surface area (Å²) in [6, 6.07) is 12.8. The van der Waals surface area contributed by atoms with E-state index in [1.54, 1.807) is 41.2 Å². The van der Waals surface area contributed by atoms with Gasteiger partial charge in [-0.05, 0) is 24.3 Å². The van der Waals surface area contributed by atoms with Crippen LogP contribution in [0.2, 0.25) is 0 Å². The molecule has 0 saturated carbocycles. The van der Waals surface area contributed by atoms with Crippen molar-refractivity contribution < 1.29 is 19.1 Å². The fourth-order valence-corrected chi connectivity index (χ4v) is 4.43. The van der Waals surface area contributed by atoms with Gasteiger partial charge in [-0.3, -0.25) is 9.59 Å². The molecule has 10 nitrogen and oxygen atoms in total. The minimum atomic E-state index is -0.336. The highest BCUT2D eigenvalue weighted by Gasteiger charge is 2.38. The van der Waals surface area contributed by atoms with Crippen LogP contribution >= 0.6 is 0 Å². The van der Waals surface area contributed by atoms with Crippen LogP contribution in [0.3, 0.4) is 0 Å². The monoisotopic (exact) mass is 462 g/mol. The molecule has 0 N–H and O–H groups in total. The van der Waals surface area contributed by atoms with Crippen LogP contribution in [0.5, 0.6) is 11.6 Å². The molecule has 0 radical (unpaired) electrons. The molecule has 0 aliphatic carbocycles. The van der Waals surface area contributed by atoms with Crippen LogP contribution in [-0.4, -0.2) is 69.5 Å². The van der Waals surface area contributed by atoms with Crippen molar-refractivity contribution in [1.82, 2.24) is 24.9 Å². The van der Waals surface area contributed by atoms with Crippen molar-refractivity contribution in [3.63, 3.8) is 0 Å². The molecule has 34 heavy (non-hydrogen) atoms. The molecule has 1 atom stereocenters. The highest BCUT2D eigenvalue weighted by molar-refractivity contribution is 6.00. The number of likely N-dealkylation sites (tertiary alicyclic amines) is 1. The van der Waals surface area contributed by atoms with E-state index in [1.807, 2.05) is 35.2 Å². The molecule has 2 amide bonds. The number of carbonyl (C=O) groups is 2. The van der Waals surface area contributed by atoms with Gasteiger partial charge in [0.25, 0.3) is 0 Å². The van der Waals surface area contributed by atoms with Gasteiger partial charge in [0.05, 0.1) is 13.0 Å². The Balaban J connectivity index is 1.13. The van der Waals surface area contributed by atoms with Gasteiger partial charge < -0.3 is 19.3 Å². The summed E-state index contributed by atoms with van der Waals surface area (Å²) in [5.74, 6) is 1.41. The van der Waals surface area contributed by atoms with E-state index in [-0.39, 0.29) is 30.3 Å². The summed E-state index contributed by atoms with van der Waals surface area (Å²) >= 11 is 0. The Labute approximate surface area is 197 Å². The maximum Gasteiger partial charge on any atom is 0.233 e. The molecule has 2 aromatic heterocycles. The zero-order chi connectivity index (χ0) is 23.5. The lowest BCUT2D eigenvalue weighted by molar-refractivity contribution is -0.137. The Hall–Kier alpha value is -3.95. The molecule has 2 saturated heterocycles. The van der Waals surface area contributed by atoms with Gasteiger partial charge in [-0.15, -0.1) is 10.2 Å². The Kier molecular flexibility index (Phi) is 6.11. The summed E-state index contributed by atoms with van der Waals surface area (Å²) in [5, 5.41) is 12.4. The van der Waals surface area contributed by atoms with E-state index in [2.05, 4.69) is 15.3 Å². The summed E-state index contributed by atoms with van der Waals surface area (Å²) in [6.45, 7) is 1.57. The zero-order valence-corrected chi connectivity index (χ0v) is 18.9. The first-order valence-electron chi connectivity index (χ1n) is 11.3. The average Bonchev–Trinajstić information content (AvgIpc) is 3.55. The van der Waals surface area contributed by atoms with Gasteiger partial charge in [-0.1, -0.05) is 6.07 Å². The van der Waals surface area contributed by atoms with Crippen LogP contribution in [-0.2, 0) is 9.59 Å². The second-order valence-electron chi connectivity index (χ2n) is 8.43. The number of amides is 2. The van der Waals surface area contributed by atoms with Crippen molar-refractivity contribution in [2.75, 3.05) is 31.6 Å². The number of nitrogens with zero attached hydrogens (tertiary/aromatic N) is 6. The minimum absolute atomic E-state index is 0.0283. The minimum Gasteiger partial charge on any atom is -0.497 e. The summed E-state index contributed by atoms with van der Waals surface area (Å²) < 4.78 is 12.9. The third-order valence-corrected chi connectivity index (χ3v) is 6.25. The summed E-state index contributed by atoms with van der Waals surface area (Å²) in [5.41, 5.74) is 0.756. The number of piperidine rings is 1. The van der Waals surface area contributed by atoms with Gasteiger partial charge >= 0.3 is 0 Å². The molecule has 5 rings (SSSR count). The van der Waals surface area contributed by atoms with Crippen molar-refractivity contribution >= 4 is 17.5 Å². The molecular weight excluding hydrogens is 436 g/mol. The number of aromatic nitrogens is 4. The molecule has 4 heterocycles. The number of hydrogen-bond acceptors (Lipinski definition) is 7. The van der Waals surface area contributed by atoms with Crippen molar-refractivity contribution in [2.24, 2.45) is 5.92 Å². The molecule has 1 aromatic carbocycles. The van der Waals surface area contributed by atoms with Gasteiger partial charge in [-0.25, -0.2) is 4.68 Å². The number of methoxy groups -OCH3 is 1. The summed E-state index contributed by atoms with van der Waals surface area (Å²) in [7, 11) is 1.59. The molecule has 2 aliphatic rings. The topological polar surface area (TPSA) is 103 Å². The lowest BCUT2D eigenvalue weighted by atomic mass is 10.0. The maximum absolute atomic E-state index is 13.1. The highest BCUT2D eigenvalue weighted by atomic mass is 16.5. The molecule has 176 valence electrons. The summed E-state index contributed by atoms with van der Waals surface area (Å²) in [6.07, 6.45) is 5.07. The molecular formula is C24H26N6O4. The van der Waals surface area contributed by atoms with E-state index in [4.69, 9.17) is 9.47 Å². The number of carbonyl (C=O) groups excluding carboxylic acids is 2. The molecule has 3 aromatic rings. The first kappa shape index (κ1) is 21.9. The predicted molar refractivity (Wildman–Crippen MR) is 123 cm³/mol. The number of hydrogen-bond donors (Lipinski definition) is 0. The Bertz CT molecular complexity index is 1140. The van der Waals surface area contributed by atoms with Crippen LogP contribution in [0.4, 0.5) is 5.69 Å². The second kappa shape index (κ2) is 9.50. The quantitative estimate of drug-likeness (QED) is 0.553. The van der Waals surface area contributed by atoms with E-state index in [0.29, 0.717) is 49.9 Å². The molecule has 0 bridgehead atoms. The van der Waals surface area contributed by atoms with E-state index in [9.17, 15) is 9.59 Å². The van der Waals surface area contributed by atoms with Crippen molar-refractivity contribution in [3.8, 4) is 17.4 Å². The maximum atomic E-state index is 13.1. The standard InChI is InChI=1S/C24H26N6O4/c1-33-20-5-2-4-18(15-20)29-16-17(14-23(29)31)24(32)28-12-8-19(9-13-28)34-22-7-6-21(26-27-22)30-11-3-10-25-30/h2-7,10-11,15,17,19H,8-9,12-14,16H2,1H3. The van der Waals surface area contributed by atoms with Gasteiger partial charge in [0.2, 0.25) is 17.7 Å². The number of rotatable bonds is 6. The van der Waals surface area contributed by atoms with E-state index in [1.165, 1.54) is 0 Å². The zero-order valence-electron chi connectivity index (χ0n) is 18.9. The van der Waals surface area contributed by atoms with Crippen LogP contribution in [0, 0.1) is 5.92 Å². The van der Waals surface area contributed by atoms with E-state index in [0.717, 1.165) is 5.69 Å². The average molecular weight is 463 g/mol. The van der Waals surface area contributed by atoms with Gasteiger partial charge in [0.15, 0.2) is 5.82 Å². The van der Waals surface area contributed by atoms with Gasteiger partial charge in [0.1, 0.15) is 11.9 Å². The van der Waals surface area contributed by atoms with Crippen molar-refractivity contribution in [1.29, 1.82) is 0 Å². The molecule has 1 unspecified atom stereocenters. The highest BCUT2D eigenvalue weighted by Crippen LogP contribution is 2.29. The van der Waals surface area contributed by atoms with Crippen LogP contribution in [0.1, 0.15) is 19.3 Å². The normalized spacial score (nSPS) is 18.9.